The van der Waals surface area contributed by atoms with Crippen LogP contribution < -0.4 is 4.90 Å². The van der Waals surface area contributed by atoms with E-state index in [1.165, 1.54) is 4.90 Å². The molecule has 37 heavy (non-hydrogen) atoms. The molecule has 10 rings (SSSR count). The first-order chi connectivity index (χ1) is 18.0. The average Bonchev–Trinajstić information content (AvgIpc) is 3.15. The van der Waals surface area contributed by atoms with Crippen LogP contribution in [0.3, 0.4) is 0 Å². The van der Waals surface area contributed by atoms with Crippen LogP contribution in [0.25, 0.3) is 0 Å². The zero-order chi connectivity index (χ0) is 25.3. The predicted molar refractivity (Wildman–Crippen MR) is 145 cm³/mol. The molecule has 1 fully saturated rings. The molecule has 1 aliphatic heterocycles. The fraction of sp³-hybridized carbons (Fsp3) is 0.182. The summed E-state index contributed by atoms with van der Waals surface area (Å²) in [6.45, 7) is 3.99. The van der Waals surface area contributed by atoms with Crippen molar-refractivity contribution in [3.8, 4) is 0 Å². The van der Waals surface area contributed by atoms with E-state index in [1.54, 1.807) is 0 Å². The molecule has 0 saturated carbocycles. The van der Waals surface area contributed by atoms with Gasteiger partial charge in [-0.2, -0.15) is 0 Å². The third-order valence-electron chi connectivity index (χ3n) is 8.46. The number of aryl methyl sites for hydroxylation is 2. The van der Waals surface area contributed by atoms with Crippen LogP contribution in [0.5, 0.6) is 0 Å². The van der Waals surface area contributed by atoms with E-state index in [1.807, 2.05) is 80.7 Å². The highest BCUT2D eigenvalue weighted by atomic mass is 16.2. The van der Waals surface area contributed by atoms with Gasteiger partial charge in [0.1, 0.15) is 0 Å². The molecule has 4 aromatic rings. The summed E-state index contributed by atoms with van der Waals surface area (Å²) in [6, 6.07) is 32.4. The molecule has 4 bridgehead atoms. The normalized spacial score (nSPS) is 25.4. The van der Waals surface area contributed by atoms with E-state index in [9.17, 15) is 9.59 Å². The van der Waals surface area contributed by atoms with Crippen LogP contribution in [0.1, 0.15) is 39.3 Å². The number of rotatable bonds is 3. The Labute approximate surface area is 216 Å². The molecule has 4 aromatic carbocycles. The summed E-state index contributed by atoms with van der Waals surface area (Å²) in [6.07, 6.45) is 1.94. The molecule has 180 valence electrons. The highest BCUT2D eigenvalue weighted by molar-refractivity contribution is 6.25. The van der Waals surface area contributed by atoms with Gasteiger partial charge in [0.15, 0.2) is 0 Å². The molecule has 4 heteroatoms. The van der Waals surface area contributed by atoms with Gasteiger partial charge in [0.05, 0.1) is 28.6 Å². The molecule has 0 radical (unpaired) electrons. The molecule has 6 aliphatic rings. The smallest absolute Gasteiger partial charge is 0.239 e. The van der Waals surface area contributed by atoms with E-state index >= 15 is 0 Å². The summed E-state index contributed by atoms with van der Waals surface area (Å²) < 4.78 is 0. The number of imide groups is 1. The lowest BCUT2D eigenvalue weighted by molar-refractivity contribution is -0.122. The second-order valence-corrected chi connectivity index (χ2v) is 10.5. The van der Waals surface area contributed by atoms with Gasteiger partial charge in [0.25, 0.3) is 0 Å². The van der Waals surface area contributed by atoms with Crippen molar-refractivity contribution in [1.82, 2.24) is 0 Å². The first-order valence-corrected chi connectivity index (χ1v) is 12.8. The Hall–Kier alpha value is -4.31. The second kappa shape index (κ2) is 7.84. The lowest BCUT2D eigenvalue weighted by atomic mass is 9.52. The third kappa shape index (κ3) is 2.93. The Morgan fingerprint density at radius 1 is 0.811 bits per heavy atom. The molecule has 0 unspecified atom stereocenters. The zero-order valence-electron chi connectivity index (χ0n) is 20.8. The summed E-state index contributed by atoms with van der Waals surface area (Å²) in [5.41, 5.74) is 6.87. The molecular weight excluding hydrogens is 456 g/mol. The summed E-state index contributed by atoms with van der Waals surface area (Å²) in [4.78, 5) is 35.2. The van der Waals surface area contributed by atoms with Crippen molar-refractivity contribution in [3.63, 3.8) is 0 Å². The molecule has 4 nitrogen and oxygen atoms in total. The van der Waals surface area contributed by atoms with Gasteiger partial charge in [0.2, 0.25) is 11.8 Å². The predicted octanol–water partition coefficient (Wildman–Crippen LogP) is 6.26. The minimum Gasteiger partial charge on any atom is -0.274 e. The highest BCUT2D eigenvalue weighted by Gasteiger charge is 2.65. The van der Waals surface area contributed by atoms with Crippen molar-refractivity contribution >= 4 is 29.4 Å². The van der Waals surface area contributed by atoms with E-state index < -0.39 is 17.3 Å². The standard InChI is InChI=1S/C33H26N2O2/c1-20-12-17-27(21(2)18-20)35-31(36)29-28-22-13-15-23(16-14-22)33(30(29)32(35)37,26-11-7-6-10-25(26)28)19-34-24-8-4-3-5-9-24/h3-19,28-30H,1-2H3/t28-,29+,30-,33-/m0/s1. The lowest BCUT2D eigenvalue weighted by Crippen LogP contribution is -2.51. The van der Waals surface area contributed by atoms with E-state index in [-0.39, 0.29) is 17.7 Å². The minimum atomic E-state index is -0.868. The van der Waals surface area contributed by atoms with Crippen molar-refractivity contribution in [2.24, 2.45) is 16.8 Å². The van der Waals surface area contributed by atoms with Gasteiger partial charge in [-0.15, -0.1) is 0 Å². The van der Waals surface area contributed by atoms with Crippen LogP contribution in [0.15, 0.2) is 102 Å². The Morgan fingerprint density at radius 3 is 2.30 bits per heavy atom. The number of carbonyl (C=O) groups is 2. The molecule has 0 N–H and O–H groups in total. The van der Waals surface area contributed by atoms with E-state index in [0.29, 0.717) is 5.69 Å². The van der Waals surface area contributed by atoms with Gasteiger partial charge >= 0.3 is 0 Å². The van der Waals surface area contributed by atoms with Gasteiger partial charge in [-0.05, 0) is 59.9 Å². The number of anilines is 1. The van der Waals surface area contributed by atoms with E-state index in [4.69, 9.17) is 4.99 Å². The van der Waals surface area contributed by atoms with Gasteiger partial charge in [-0.1, -0.05) is 84.4 Å². The molecule has 0 spiro atoms. The molecule has 4 atom stereocenters. The van der Waals surface area contributed by atoms with Crippen LogP contribution >= 0.6 is 0 Å². The molecule has 1 heterocycles. The van der Waals surface area contributed by atoms with Crippen molar-refractivity contribution in [2.75, 3.05) is 4.90 Å². The van der Waals surface area contributed by atoms with Gasteiger partial charge < -0.3 is 0 Å². The SMILES string of the molecule is Cc1ccc(N2C(=O)[C@@H]3[C@H]4c5ccc(cc5)[C@@](C=Nc5ccccc5)(c5ccccc54)[C@@H]3C2=O)c(C)c1. The minimum absolute atomic E-state index is 0.124. The Kier molecular flexibility index (Phi) is 4.65. The lowest BCUT2D eigenvalue weighted by Gasteiger charge is -2.48. The number of aliphatic imine (C=N–C) groups is 1. The maximum atomic E-state index is 14.5. The Balaban J connectivity index is 1.52. The first kappa shape index (κ1) is 21.9. The number of para-hydroxylation sites is 1. The van der Waals surface area contributed by atoms with Gasteiger partial charge in [-0.3, -0.25) is 14.6 Å². The summed E-state index contributed by atoms with van der Waals surface area (Å²) >= 11 is 0. The van der Waals surface area contributed by atoms with Crippen molar-refractivity contribution in [2.45, 2.75) is 25.2 Å². The average molecular weight is 483 g/mol. The molecule has 5 aliphatic carbocycles. The number of benzene rings is 4. The maximum Gasteiger partial charge on any atom is 0.239 e. The quantitative estimate of drug-likeness (QED) is 0.256. The third-order valence-corrected chi connectivity index (χ3v) is 8.46. The van der Waals surface area contributed by atoms with Gasteiger partial charge in [0, 0.05) is 12.1 Å². The molecule has 2 amide bonds. The van der Waals surface area contributed by atoms with E-state index in [0.717, 1.165) is 39.1 Å². The Morgan fingerprint density at radius 2 is 1.54 bits per heavy atom. The fourth-order valence-electron chi connectivity index (χ4n) is 6.91. The Bertz CT molecular complexity index is 1610. The number of hydrogen-bond acceptors (Lipinski definition) is 3. The number of amides is 2. The van der Waals surface area contributed by atoms with Crippen LogP contribution in [-0.2, 0) is 15.0 Å². The van der Waals surface area contributed by atoms with Gasteiger partial charge in [-0.25, -0.2) is 4.90 Å². The summed E-state index contributed by atoms with van der Waals surface area (Å²) in [7, 11) is 0. The van der Waals surface area contributed by atoms with Crippen LogP contribution in [-0.4, -0.2) is 18.0 Å². The van der Waals surface area contributed by atoms with Crippen molar-refractivity contribution in [1.29, 1.82) is 0 Å². The second-order valence-electron chi connectivity index (χ2n) is 10.5. The number of nitrogens with zero attached hydrogens (tertiary/aromatic N) is 2. The molecule has 0 aromatic heterocycles. The van der Waals surface area contributed by atoms with Crippen LogP contribution in [0, 0.1) is 25.7 Å². The summed E-state index contributed by atoms with van der Waals surface area (Å²) in [5.74, 6) is -1.57. The van der Waals surface area contributed by atoms with E-state index in [2.05, 4.69) is 36.4 Å². The molecular formula is C33H26N2O2. The van der Waals surface area contributed by atoms with Crippen LogP contribution in [0.4, 0.5) is 11.4 Å². The number of carbonyl (C=O) groups excluding carboxylic acids is 2. The topological polar surface area (TPSA) is 49.7 Å². The monoisotopic (exact) mass is 482 g/mol. The van der Waals surface area contributed by atoms with Crippen LogP contribution in [0.2, 0.25) is 0 Å². The maximum absolute atomic E-state index is 14.5. The van der Waals surface area contributed by atoms with Crippen molar-refractivity contribution in [3.05, 3.63) is 130 Å². The highest BCUT2D eigenvalue weighted by Crippen LogP contribution is 2.60. The first-order valence-electron chi connectivity index (χ1n) is 12.8. The number of hydrogen-bond donors (Lipinski definition) is 0. The largest absolute Gasteiger partial charge is 0.274 e. The zero-order valence-corrected chi connectivity index (χ0v) is 20.8. The molecule has 1 saturated heterocycles. The summed E-state index contributed by atoms with van der Waals surface area (Å²) in [5, 5.41) is 0. The fourth-order valence-corrected chi connectivity index (χ4v) is 6.91. The van der Waals surface area contributed by atoms with Crippen molar-refractivity contribution < 1.29 is 9.59 Å².